The lowest BCUT2D eigenvalue weighted by molar-refractivity contribution is -0.646. The molecule has 8 rings (SSSR count). The minimum Gasteiger partial charge on any atom is -0.307 e. The summed E-state index contributed by atoms with van der Waals surface area (Å²) in [5.41, 5.74) is 12.9. The van der Waals surface area contributed by atoms with Crippen LogP contribution in [0.1, 0.15) is 37.5 Å². The van der Waals surface area contributed by atoms with E-state index in [4.69, 9.17) is 4.98 Å². The zero-order valence-corrected chi connectivity index (χ0v) is 24.6. The maximum atomic E-state index is 4.89. The molecule has 0 bridgehead atoms. The van der Waals surface area contributed by atoms with Crippen molar-refractivity contribution in [2.45, 2.75) is 41.0 Å². The van der Waals surface area contributed by atoms with Gasteiger partial charge in [-0.25, -0.2) is 4.57 Å². The Hall–Kier alpha value is -4.50. The largest absolute Gasteiger partial charge is 0.307 e. The molecule has 5 aromatic carbocycles. The first-order chi connectivity index (χ1) is 19.7. The third-order valence-electron chi connectivity index (χ3n) is 9.03. The predicted molar refractivity (Wildman–Crippen MR) is 173 cm³/mol. The van der Waals surface area contributed by atoms with Crippen LogP contribution in [0.4, 0.5) is 0 Å². The fraction of sp³-hybridized carbons (Fsp3) is 0.211. The van der Waals surface area contributed by atoms with Crippen LogP contribution in [0, 0.1) is 19.3 Å². The van der Waals surface area contributed by atoms with Crippen LogP contribution < -0.4 is 4.57 Å². The second-order valence-corrected chi connectivity index (χ2v) is 13.1. The zero-order chi connectivity index (χ0) is 28.2. The highest BCUT2D eigenvalue weighted by Gasteiger charge is 2.26. The minimum atomic E-state index is 0.238. The van der Waals surface area contributed by atoms with Gasteiger partial charge >= 0.3 is 0 Å². The van der Waals surface area contributed by atoms with Gasteiger partial charge in [0.05, 0.1) is 34.4 Å². The molecule has 3 nitrogen and oxygen atoms in total. The first kappa shape index (κ1) is 24.3. The Morgan fingerprint density at radius 1 is 0.707 bits per heavy atom. The van der Waals surface area contributed by atoms with Gasteiger partial charge in [0.1, 0.15) is 5.52 Å². The lowest BCUT2D eigenvalue weighted by Gasteiger charge is -2.20. The molecule has 0 aliphatic heterocycles. The molecule has 0 fully saturated rings. The quantitative estimate of drug-likeness (QED) is 0.123. The lowest BCUT2D eigenvalue weighted by Crippen LogP contribution is -2.30. The van der Waals surface area contributed by atoms with Crippen LogP contribution in [0.5, 0.6) is 0 Å². The molecule has 0 spiro atoms. The van der Waals surface area contributed by atoms with E-state index in [9.17, 15) is 0 Å². The van der Waals surface area contributed by atoms with Crippen LogP contribution in [0.15, 0.2) is 85.2 Å². The summed E-state index contributed by atoms with van der Waals surface area (Å²) < 4.78 is 4.77. The number of aromatic nitrogens is 3. The monoisotopic (exact) mass is 532 g/mol. The van der Waals surface area contributed by atoms with Crippen LogP contribution in [-0.2, 0) is 13.5 Å². The summed E-state index contributed by atoms with van der Waals surface area (Å²) in [4.78, 5) is 4.89. The fourth-order valence-electron chi connectivity index (χ4n) is 7.31. The summed E-state index contributed by atoms with van der Waals surface area (Å²) in [7, 11) is 2.14. The lowest BCUT2D eigenvalue weighted by atomic mass is 9.86. The first-order valence-electron chi connectivity index (χ1n) is 14.6. The van der Waals surface area contributed by atoms with Gasteiger partial charge in [-0.2, -0.15) is 0 Å². The molecule has 0 saturated heterocycles. The van der Waals surface area contributed by atoms with Gasteiger partial charge in [-0.3, -0.25) is 0 Å². The van der Waals surface area contributed by atoms with Gasteiger partial charge in [0.25, 0.3) is 6.33 Å². The Morgan fingerprint density at radius 2 is 1.49 bits per heavy atom. The Bertz CT molecular complexity index is 2330. The van der Waals surface area contributed by atoms with Gasteiger partial charge in [-0.1, -0.05) is 75.4 Å². The van der Waals surface area contributed by atoms with E-state index < -0.39 is 0 Å². The smallest absolute Gasteiger partial charge is 0.287 e. The van der Waals surface area contributed by atoms with Crippen molar-refractivity contribution in [3.05, 3.63) is 102 Å². The third kappa shape index (κ3) is 3.38. The van der Waals surface area contributed by atoms with Crippen LogP contribution in [-0.4, -0.2) is 9.38 Å². The highest BCUT2D eigenvalue weighted by atomic mass is 15.0. The molecule has 0 saturated carbocycles. The molecule has 0 atom stereocenters. The molecule has 0 radical (unpaired) electrons. The summed E-state index contributed by atoms with van der Waals surface area (Å²) in [5.74, 6) is 0. The van der Waals surface area contributed by atoms with Gasteiger partial charge in [0.2, 0.25) is 0 Å². The highest BCUT2D eigenvalue weighted by Crippen LogP contribution is 2.44. The average molecular weight is 533 g/mol. The molecule has 41 heavy (non-hydrogen) atoms. The predicted octanol–water partition coefficient (Wildman–Crippen LogP) is 9.24. The molecule has 0 amide bonds. The van der Waals surface area contributed by atoms with Crippen LogP contribution in [0.3, 0.4) is 0 Å². The number of fused-ring (bicyclic) bond motifs is 7. The number of aryl methyl sites for hydroxylation is 3. The van der Waals surface area contributed by atoms with E-state index in [1.807, 2.05) is 6.33 Å². The summed E-state index contributed by atoms with van der Waals surface area (Å²) in [6.07, 6.45) is 3.04. The summed E-state index contributed by atoms with van der Waals surface area (Å²) >= 11 is 0. The average Bonchev–Trinajstić information content (AvgIpc) is 3.29. The minimum absolute atomic E-state index is 0.238. The van der Waals surface area contributed by atoms with E-state index in [0.29, 0.717) is 0 Å². The van der Waals surface area contributed by atoms with Crippen LogP contribution >= 0.6 is 0 Å². The van der Waals surface area contributed by atoms with Crippen molar-refractivity contribution in [2.75, 3.05) is 0 Å². The highest BCUT2D eigenvalue weighted by molar-refractivity contribution is 6.28. The van der Waals surface area contributed by atoms with Crippen LogP contribution in [0.25, 0.3) is 71.0 Å². The molecule has 8 aromatic rings. The zero-order valence-electron chi connectivity index (χ0n) is 24.6. The van der Waals surface area contributed by atoms with Gasteiger partial charge in [-0.05, 0) is 93.5 Å². The normalized spacial score (nSPS) is 12.7. The van der Waals surface area contributed by atoms with Gasteiger partial charge in [0, 0.05) is 10.8 Å². The summed E-state index contributed by atoms with van der Waals surface area (Å²) in [5, 5.41) is 7.82. The van der Waals surface area contributed by atoms with Crippen molar-refractivity contribution >= 4 is 59.9 Å². The third-order valence-corrected chi connectivity index (χ3v) is 9.03. The van der Waals surface area contributed by atoms with E-state index >= 15 is 0 Å². The molecule has 3 heteroatoms. The molecular formula is C38H34N3+. The van der Waals surface area contributed by atoms with Gasteiger partial charge in [-0.15, -0.1) is 0 Å². The molecular weight excluding hydrogens is 498 g/mol. The van der Waals surface area contributed by atoms with E-state index in [0.717, 1.165) is 11.9 Å². The van der Waals surface area contributed by atoms with E-state index in [1.54, 1.807) is 0 Å². The molecule has 3 heterocycles. The molecule has 0 unspecified atom stereocenters. The van der Waals surface area contributed by atoms with Gasteiger partial charge < -0.3 is 4.40 Å². The number of benzene rings is 5. The SMILES string of the molecule is Cc1c2cc(CC(C)(C)C)ccc2c(C)c2c1c1c3c(ccc4c5cc(-c6ccccc6)ccc5n2c43)nc[n+]1C. The second-order valence-electron chi connectivity index (χ2n) is 13.1. The maximum Gasteiger partial charge on any atom is 0.287 e. The number of pyridine rings is 1. The first-order valence-corrected chi connectivity index (χ1v) is 14.6. The van der Waals surface area contributed by atoms with Crippen molar-refractivity contribution in [1.29, 1.82) is 0 Å². The Kier molecular flexibility index (Phi) is 4.90. The maximum absolute atomic E-state index is 4.89. The number of rotatable bonds is 2. The number of hydrogen-bond acceptors (Lipinski definition) is 1. The van der Waals surface area contributed by atoms with Crippen LogP contribution in [0.2, 0.25) is 0 Å². The molecule has 3 aromatic heterocycles. The fourth-order valence-corrected chi connectivity index (χ4v) is 7.31. The van der Waals surface area contributed by atoms with E-state index in [-0.39, 0.29) is 5.41 Å². The molecule has 0 N–H and O–H groups in total. The van der Waals surface area contributed by atoms with Crippen molar-refractivity contribution in [3.63, 3.8) is 0 Å². The second kappa shape index (κ2) is 8.27. The van der Waals surface area contributed by atoms with Crippen molar-refractivity contribution in [1.82, 2.24) is 9.38 Å². The molecule has 0 aliphatic rings. The van der Waals surface area contributed by atoms with E-state index in [2.05, 4.69) is 129 Å². The number of hydrogen-bond donors (Lipinski definition) is 0. The summed E-state index contributed by atoms with van der Waals surface area (Å²) in [6.45, 7) is 11.6. The Balaban J connectivity index is 1.60. The van der Waals surface area contributed by atoms with E-state index in [1.165, 1.54) is 82.2 Å². The Labute approximate surface area is 240 Å². The van der Waals surface area contributed by atoms with Crippen molar-refractivity contribution in [2.24, 2.45) is 12.5 Å². The standard InChI is InChI=1S/C38H34N3/c1-22-29-18-24(20-38(3,4)5)12-14-27(29)23(2)35-33(22)37-34-31(39-21-40(37)6)16-15-28-30-19-26(25-10-8-7-9-11-25)13-17-32(30)41(35)36(28)34/h7-19,21H,20H2,1-6H3/q+1. The Morgan fingerprint density at radius 3 is 2.27 bits per heavy atom. The van der Waals surface area contributed by atoms with Crippen molar-refractivity contribution in [3.8, 4) is 11.1 Å². The topological polar surface area (TPSA) is 21.2 Å². The molecule has 200 valence electrons. The van der Waals surface area contributed by atoms with Crippen molar-refractivity contribution < 1.29 is 4.57 Å². The summed E-state index contributed by atoms with van der Waals surface area (Å²) in [6, 6.07) is 29.3. The molecule has 0 aliphatic carbocycles. The van der Waals surface area contributed by atoms with Gasteiger partial charge in [0.15, 0.2) is 5.52 Å². The number of nitrogens with zero attached hydrogens (tertiary/aromatic N) is 3.